The molecule has 146 valence electrons. The van der Waals surface area contributed by atoms with Crippen LogP contribution in [0.15, 0.2) is 30.7 Å². The Balaban J connectivity index is 1.71. The van der Waals surface area contributed by atoms with Gasteiger partial charge >= 0.3 is 0 Å². The van der Waals surface area contributed by atoms with Crippen molar-refractivity contribution in [1.29, 1.82) is 0 Å². The number of carbonyl (C=O) groups excluding carboxylic acids is 1. The molecule has 0 bridgehead atoms. The lowest BCUT2D eigenvalue weighted by Gasteiger charge is -2.31. The van der Waals surface area contributed by atoms with Crippen molar-refractivity contribution in [2.24, 2.45) is 0 Å². The molecule has 4 heterocycles. The van der Waals surface area contributed by atoms with Crippen molar-refractivity contribution in [1.82, 2.24) is 29.6 Å². The Kier molecular flexibility index (Phi) is 5.20. The molecule has 4 rings (SSSR count). The number of aromatic nitrogens is 5. The number of rotatable bonds is 3. The number of fused-ring (bicyclic) bond motifs is 1. The molecule has 3 aromatic rings. The summed E-state index contributed by atoms with van der Waals surface area (Å²) in [5.74, 6) is 5.52. The summed E-state index contributed by atoms with van der Waals surface area (Å²) in [7, 11) is 0. The van der Waals surface area contributed by atoms with Gasteiger partial charge in [-0.05, 0) is 50.0 Å². The fourth-order valence-corrected chi connectivity index (χ4v) is 3.56. The zero-order valence-electron chi connectivity index (χ0n) is 16.1. The minimum Gasteiger partial charge on any atom is -0.383 e. The van der Waals surface area contributed by atoms with Gasteiger partial charge in [0.25, 0.3) is 5.91 Å². The number of hydrogen-bond acceptors (Lipinski definition) is 6. The highest BCUT2D eigenvalue weighted by molar-refractivity contribution is 5.95. The van der Waals surface area contributed by atoms with Gasteiger partial charge in [-0.15, -0.1) is 0 Å². The Bertz CT molecular complexity index is 1120. The number of carbonyl (C=O) groups is 1. The molecule has 1 fully saturated rings. The van der Waals surface area contributed by atoms with Crippen LogP contribution in [0.25, 0.3) is 23.2 Å². The van der Waals surface area contributed by atoms with Gasteiger partial charge in [-0.2, -0.15) is 5.10 Å². The number of piperidine rings is 1. The first-order valence-corrected chi connectivity index (χ1v) is 9.47. The van der Waals surface area contributed by atoms with E-state index in [9.17, 15) is 4.79 Å². The molecule has 1 saturated heterocycles. The molecule has 8 heteroatoms. The van der Waals surface area contributed by atoms with E-state index in [0.29, 0.717) is 35.6 Å². The summed E-state index contributed by atoms with van der Waals surface area (Å²) in [6.45, 7) is 2.91. The van der Waals surface area contributed by atoms with Crippen LogP contribution < -0.4 is 5.73 Å². The van der Waals surface area contributed by atoms with Crippen molar-refractivity contribution < 1.29 is 4.79 Å². The normalized spacial score (nSPS) is 16.7. The second-order valence-corrected chi connectivity index (χ2v) is 6.80. The lowest BCUT2D eigenvalue weighted by atomic mass is 10.1. The summed E-state index contributed by atoms with van der Waals surface area (Å²) < 4.78 is 1.87. The van der Waals surface area contributed by atoms with Crippen molar-refractivity contribution in [3.63, 3.8) is 0 Å². The van der Waals surface area contributed by atoms with Gasteiger partial charge in [-0.3, -0.25) is 9.78 Å². The van der Waals surface area contributed by atoms with E-state index in [4.69, 9.17) is 10.8 Å². The third-order valence-electron chi connectivity index (χ3n) is 4.91. The van der Waals surface area contributed by atoms with Crippen molar-refractivity contribution in [3.05, 3.63) is 42.1 Å². The van der Waals surface area contributed by atoms with Crippen LogP contribution in [0.4, 0.5) is 5.82 Å². The zero-order valence-corrected chi connectivity index (χ0v) is 16.1. The van der Waals surface area contributed by atoms with Gasteiger partial charge in [0.2, 0.25) is 0 Å². The molecule has 0 aromatic carbocycles. The monoisotopic (exact) mass is 387 g/mol. The average molecular weight is 387 g/mol. The van der Waals surface area contributed by atoms with E-state index >= 15 is 0 Å². The molecule has 1 aliphatic heterocycles. The number of anilines is 1. The number of hydrogen-bond donors (Lipinski definition) is 1. The Hall–Kier alpha value is -3.73. The van der Waals surface area contributed by atoms with Gasteiger partial charge in [0.05, 0.1) is 22.8 Å². The minimum absolute atomic E-state index is 0.000145. The second-order valence-electron chi connectivity index (χ2n) is 6.80. The summed E-state index contributed by atoms with van der Waals surface area (Å²) in [5.41, 5.74) is 8.31. The first-order valence-electron chi connectivity index (χ1n) is 9.47. The van der Waals surface area contributed by atoms with E-state index in [0.717, 1.165) is 18.5 Å². The van der Waals surface area contributed by atoms with Crippen LogP contribution in [0.1, 0.15) is 37.2 Å². The smallest absolute Gasteiger partial charge is 0.298 e. The lowest BCUT2D eigenvalue weighted by molar-refractivity contribution is -0.126. The van der Waals surface area contributed by atoms with Gasteiger partial charge in [-0.1, -0.05) is 12.0 Å². The first-order chi connectivity index (χ1) is 14.2. The molecular weight excluding hydrogens is 366 g/mol. The fraction of sp³-hybridized carbons (Fsp3) is 0.286. The maximum atomic E-state index is 12.2. The molecule has 1 unspecified atom stereocenters. The summed E-state index contributed by atoms with van der Waals surface area (Å²) in [6, 6.07) is 5.70. The van der Waals surface area contributed by atoms with Crippen molar-refractivity contribution >= 4 is 34.9 Å². The summed E-state index contributed by atoms with van der Waals surface area (Å²) in [5, 5.41) is 5.48. The predicted octanol–water partition coefficient (Wildman–Crippen LogP) is 2.16. The number of amides is 1. The topological polar surface area (TPSA) is 103 Å². The quantitative estimate of drug-likeness (QED) is 0.691. The maximum absolute atomic E-state index is 12.2. The van der Waals surface area contributed by atoms with Crippen LogP contribution in [-0.2, 0) is 4.79 Å². The number of likely N-dealkylation sites (tertiary alicyclic amines) is 1. The van der Waals surface area contributed by atoms with Crippen molar-refractivity contribution in [3.8, 4) is 11.8 Å². The van der Waals surface area contributed by atoms with Crippen LogP contribution in [0.2, 0.25) is 0 Å². The summed E-state index contributed by atoms with van der Waals surface area (Å²) in [6.07, 6.45) is 8.70. The molecule has 8 nitrogen and oxygen atoms in total. The van der Waals surface area contributed by atoms with Gasteiger partial charge in [0.15, 0.2) is 5.65 Å². The second kappa shape index (κ2) is 8.10. The van der Waals surface area contributed by atoms with E-state index in [1.807, 2.05) is 35.0 Å². The molecule has 29 heavy (non-hydrogen) atoms. The average Bonchev–Trinajstić information content (AvgIpc) is 3.13. The number of nitrogens with zero attached hydrogens (tertiary/aromatic N) is 6. The van der Waals surface area contributed by atoms with Crippen molar-refractivity contribution in [2.45, 2.75) is 25.8 Å². The Morgan fingerprint density at radius 2 is 2.17 bits per heavy atom. The van der Waals surface area contributed by atoms with Crippen LogP contribution >= 0.6 is 0 Å². The highest BCUT2D eigenvalue weighted by Crippen LogP contribution is 2.29. The van der Waals surface area contributed by atoms with E-state index < -0.39 is 0 Å². The Labute approximate surface area is 168 Å². The molecular formula is C21H21N7O. The molecule has 2 N–H and O–H groups in total. The molecule has 1 atom stereocenters. The van der Waals surface area contributed by atoms with Crippen LogP contribution in [-0.4, -0.2) is 48.6 Å². The molecule has 1 amide bonds. The van der Waals surface area contributed by atoms with Gasteiger partial charge in [-0.25, -0.2) is 14.6 Å². The highest BCUT2D eigenvalue weighted by atomic mass is 16.2. The van der Waals surface area contributed by atoms with Crippen LogP contribution in [0.5, 0.6) is 0 Å². The zero-order chi connectivity index (χ0) is 20.2. The van der Waals surface area contributed by atoms with Gasteiger partial charge < -0.3 is 10.6 Å². The molecule has 0 spiro atoms. The Morgan fingerprint density at radius 3 is 2.97 bits per heavy atom. The molecule has 3 aromatic heterocycles. The van der Waals surface area contributed by atoms with Crippen molar-refractivity contribution in [2.75, 3.05) is 18.8 Å². The fourth-order valence-electron chi connectivity index (χ4n) is 3.56. The number of nitrogens with two attached hydrogens (primary N) is 1. The number of nitrogen functional groups attached to an aromatic ring is 1. The third kappa shape index (κ3) is 3.80. The number of pyridine rings is 1. The van der Waals surface area contributed by atoms with E-state index in [2.05, 4.69) is 26.8 Å². The lowest BCUT2D eigenvalue weighted by Crippen LogP contribution is -2.40. The maximum Gasteiger partial charge on any atom is 0.298 e. The standard InChI is InChI=1S/C21H21N7O/c1-2-6-18(29)27-12-5-8-16(13-27)28-21-19(20(22)24-14-25-21)17(26-28)10-9-15-7-3-4-11-23-15/h3-4,7,9-11,14,16H,5,8,12-13H2,1H3,(H2,22,24,25). The van der Waals surface area contributed by atoms with E-state index in [1.165, 1.54) is 6.33 Å². The predicted molar refractivity (Wildman–Crippen MR) is 111 cm³/mol. The SMILES string of the molecule is CC#CC(=O)N1CCCC(n2nc(C=Cc3ccccn3)c3c(N)ncnc32)C1. The summed E-state index contributed by atoms with van der Waals surface area (Å²) >= 11 is 0. The molecule has 0 radical (unpaired) electrons. The third-order valence-corrected chi connectivity index (χ3v) is 4.91. The molecule has 1 aliphatic rings. The largest absolute Gasteiger partial charge is 0.383 e. The van der Waals surface area contributed by atoms with Gasteiger partial charge in [0, 0.05) is 19.3 Å². The molecule has 0 aliphatic carbocycles. The van der Waals surface area contributed by atoms with Gasteiger partial charge in [0.1, 0.15) is 12.1 Å². The first kappa shape index (κ1) is 18.6. The molecule has 0 saturated carbocycles. The summed E-state index contributed by atoms with van der Waals surface area (Å²) in [4.78, 5) is 26.8. The van der Waals surface area contributed by atoms with Crippen LogP contribution in [0.3, 0.4) is 0 Å². The van der Waals surface area contributed by atoms with E-state index in [-0.39, 0.29) is 11.9 Å². The Morgan fingerprint density at radius 1 is 1.28 bits per heavy atom. The van der Waals surface area contributed by atoms with E-state index in [1.54, 1.807) is 18.0 Å². The van der Waals surface area contributed by atoms with Crippen LogP contribution in [0, 0.1) is 11.8 Å². The minimum atomic E-state index is -0.155. The highest BCUT2D eigenvalue weighted by Gasteiger charge is 2.27.